The molecule has 0 bridgehead atoms. The number of hydrogen-bond donors (Lipinski definition) is 3. The summed E-state index contributed by atoms with van der Waals surface area (Å²) in [5.74, 6) is -0.0415. The summed E-state index contributed by atoms with van der Waals surface area (Å²) in [6.45, 7) is 5.21. The van der Waals surface area contributed by atoms with E-state index in [9.17, 15) is 14.6 Å². The zero-order valence-electron chi connectivity index (χ0n) is 12.6. The second-order valence-corrected chi connectivity index (χ2v) is 7.90. The molecule has 0 saturated heterocycles. The van der Waals surface area contributed by atoms with Gasteiger partial charge in [0.2, 0.25) is 7.37 Å². The molecule has 0 radical (unpaired) electrons. The Labute approximate surface area is 125 Å². The van der Waals surface area contributed by atoms with Crippen molar-refractivity contribution in [2.75, 3.05) is 19.6 Å². The lowest BCUT2D eigenvalue weighted by Crippen LogP contribution is -2.37. The van der Waals surface area contributed by atoms with Gasteiger partial charge in [-0.1, -0.05) is 38.1 Å². The maximum atomic E-state index is 11.8. The molecule has 0 aliphatic rings. The first-order valence-electron chi connectivity index (χ1n) is 6.77. The molecule has 6 nitrogen and oxygen atoms in total. The van der Waals surface area contributed by atoms with E-state index < -0.39 is 13.3 Å². The number of hydrogen-bond acceptors (Lipinski definition) is 4. The Bertz CT molecular complexity index is 510. The summed E-state index contributed by atoms with van der Waals surface area (Å²) < 4.78 is 11.1. The van der Waals surface area contributed by atoms with Crippen LogP contribution in [0.5, 0.6) is 0 Å². The number of nitrogens with zero attached hydrogens (tertiary/aromatic N) is 1. The van der Waals surface area contributed by atoms with Crippen molar-refractivity contribution >= 4 is 13.3 Å². The third kappa shape index (κ3) is 6.87. The lowest BCUT2D eigenvalue weighted by atomic mass is 10.0. The highest BCUT2D eigenvalue weighted by atomic mass is 31.2. The van der Waals surface area contributed by atoms with Crippen LogP contribution >= 0.6 is 7.37 Å². The topological polar surface area (TPSA) is 89.9 Å². The summed E-state index contributed by atoms with van der Waals surface area (Å²) in [7, 11) is -3.19. The van der Waals surface area contributed by atoms with Crippen molar-refractivity contribution in [3.05, 3.63) is 35.4 Å². The molecule has 1 rings (SSSR count). The molecule has 0 heterocycles. The fraction of sp³-hybridized carbons (Fsp3) is 0.500. The van der Waals surface area contributed by atoms with Crippen molar-refractivity contribution in [1.82, 2.24) is 10.4 Å². The van der Waals surface area contributed by atoms with Crippen molar-refractivity contribution in [3.8, 4) is 0 Å². The highest BCUT2D eigenvalue weighted by Gasteiger charge is 2.14. The van der Waals surface area contributed by atoms with Crippen molar-refractivity contribution in [3.63, 3.8) is 0 Å². The number of carbonyl (C=O) groups is 1. The molecule has 0 fully saturated rings. The average molecular weight is 314 g/mol. The Morgan fingerprint density at radius 2 is 1.90 bits per heavy atom. The molecule has 0 aliphatic heterocycles. The summed E-state index contributed by atoms with van der Waals surface area (Å²) in [5.41, 5.74) is 2.00. The monoisotopic (exact) mass is 314 g/mol. The van der Waals surface area contributed by atoms with Gasteiger partial charge in [-0.15, -0.1) is 0 Å². The summed E-state index contributed by atoms with van der Waals surface area (Å²) in [4.78, 5) is 20.9. The zero-order valence-corrected chi connectivity index (χ0v) is 13.5. The summed E-state index contributed by atoms with van der Waals surface area (Å²) in [6.07, 6.45) is -0.0696. The van der Waals surface area contributed by atoms with Crippen LogP contribution in [0.2, 0.25) is 0 Å². The quantitative estimate of drug-likeness (QED) is 0.310. The molecule has 21 heavy (non-hydrogen) atoms. The lowest BCUT2D eigenvalue weighted by molar-refractivity contribution is -0.165. The Hall–Kier alpha value is -1.20. The van der Waals surface area contributed by atoms with E-state index in [1.165, 1.54) is 12.2 Å². The van der Waals surface area contributed by atoms with Crippen LogP contribution in [-0.2, 0) is 15.8 Å². The molecule has 1 unspecified atom stereocenters. The maximum Gasteiger partial charge on any atom is 0.251 e. The number of hydroxylamine groups is 2. The molecule has 0 saturated carbocycles. The molecule has 118 valence electrons. The molecule has 1 atom stereocenters. The van der Waals surface area contributed by atoms with Crippen LogP contribution < -0.4 is 5.32 Å². The molecule has 0 spiro atoms. The molecule has 1 aromatic carbocycles. The minimum Gasteiger partial charge on any atom is -0.344 e. The standard InChI is InChI=1S/C14H23N2O4P/c1-11(2)13-6-4-12(5-7-13)8-14(17)16(18)9-15-10-21(3,19)20/h4-7,11,15,18H,8-10H2,1-3H3,(H,19,20). The van der Waals surface area contributed by atoms with Crippen LogP contribution in [-0.4, -0.2) is 40.7 Å². The van der Waals surface area contributed by atoms with Gasteiger partial charge in [-0.3, -0.25) is 19.9 Å². The van der Waals surface area contributed by atoms with Crippen LogP contribution in [0.1, 0.15) is 30.9 Å². The highest BCUT2D eigenvalue weighted by molar-refractivity contribution is 7.57. The van der Waals surface area contributed by atoms with E-state index in [-0.39, 0.29) is 19.4 Å². The smallest absolute Gasteiger partial charge is 0.251 e. The van der Waals surface area contributed by atoms with E-state index in [1.807, 2.05) is 24.3 Å². The molecular weight excluding hydrogens is 291 g/mol. The zero-order chi connectivity index (χ0) is 16.0. The number of amides is 1. The molecule has 3 N–H and O–H groups in total. The van der Waals surface area contributed by atoms with Gasteiger partial charge in [0.25, 0.3) is 5.91 Å². The van der Waals surface area contributed by atoms with Crippen LogP contribution in [0.25, 0.3) is 0 Å². The maximum absolute atomic E-state index is 11.8. The fourth-order valence-corrected chi connectivity index (χ4v) is 2.25. The van der Waals surface area contributed by atoms with E-state index in [0.717, 1.165) is 5.56 Å². The molecule has 0 aromatic heterocycles. The Kier molecular flexibility index (Phi) is 6.55. The van der Waals surface area contributed by atoms with E-state index in [2.05, 4.69) is 19.2 Å². The van der Waals surface area contributed by atoms with E-state index in [1.54, 1.807) is 0 Å². The van der Waals surface area contributed by atoms with E-state index >= 15 is 0 Å². The number of carbonyl (C=O) groups excluding carboxylic acids is 1. The third-order valence-corrected chi connectivity index (χ3v) is 3.77. The van der Waals surface area contributed by atoms with Gasteiger partial charge in [0.15, 0.2) is 0 Å². The predicted molar refractivity (Wildman–Crippen MR) is 81.5 cm³/mol. The van der Waals surface area contributed by atoms with Crippen molar-refractivity contribution in [2.24, 2.45) is 0 Å². The Balaban J connectivity index is 2.46. The van der Waals surface area contributed by atoms with Gasteiger partial charge in [0, 0.05) is 6.66 Å². The van der Waals surface area contributed by atoms with Gasteiger partial charge < -0.3 is 4.89 Å². The molecule has 7 heteroatoms. The minimum atomic E-state index is -3.19. The normalized spacial score (nSPS) is 14.0. The lowest BCUT2D eigenvalue weighted by Gasteiger charge is -2.16. The SMILES string of the molecule is CC(C)c1ccc(CC(=O)N(O)CNCP(C)(=O)O)cc1. The predicted octanol–water partition coefficient (Wildman–Crippen LogP) is 1.98. The molecule has 1 amide bonds. The Morgan fingerprint density at radius 1 is 1.33 bits per heavy atom. The number of rotatable bonds is 7. The van der Waals surface area contributed by atoms with Crippen LogP contribution in [0.15, 0.2) is 24.3 Å². The van der Waals surface area contributed by atoms with Crippen molar-refractivity contribution < 1.29 is 19.5 Å². The largest absolute Gasteiger partial charge is 0.344 e. The first-order valence-corrected chi connectivity index (χ1v) is 9.06. The fourth-order valence-electron chi connectivity index (χ4n) is 1.74. The number of benzene rings is 1. The van der Waals surface area contributed by atoms with Crippen LogP contribution in [0.3, 0.4) is 0 Å². The second-order valence-electron chi connectivity index (χ2n) is 5.48. The van der Waals surface area contributed by atoms with Gasteiger partial charge in [-0.05, 0) is 17.0 Å². The third-order valence-electron chi connectivity index (χ3n) is 2.96. The number of nitrogens with one attached hydrogen (secondary N) is 1. The van der Waals surface area contributed by atoms with Crippen LogP contribution in [0, 0.1) is 0 Å². The van der Waals surface area contributed by atoms with Gasteiger partial charge in [-0.25, -0.2) is 5.06 Å². The second kappa shape index (κ2) is 7.71. The van der Waals surface area contributed by atoms with E-state index in [4.69, 9.17) is 4.89 Å². The van der Waals surface area contributed by atoms with Crippen molar-refractivity contribution in [1.29, 1.82) is 0 Å². The highest BCUT2D eigenvalue weighted by Crippen LogP contribution is 2.32. The van der Waals surface area contributed by atoms with Gasteiger partial charge in [0.05, 0.1) is 19.4 Å². The van der Waals surface area contributed by atoms with Crippen LogP contribution in [0.4, 0.5) is 0 Å². The summed E-state index contributed by atoms with van der Waals surface area (Å²) in [5, 5.41) is 12.6. The van der Waals surface area contributed by atoms with Gasteiger partial charge in [-0.2, -0.15) is 0 Å². The van der Waals surface area contributed by atoms with Crippen molar-refractivity contribution in [2.45, 2.75) is 26.2 Å². The van der Waals surface area contributed by atoms with E-state index in [0.29, 0.717) is 11.0 Å². The summed E-state index contributed by atoms with van der Waals surface area (Å²) in [6, 6.07) is 7.66. The average Bonchev–Trinajstić information content (AvgIpc) is 2.37. The molecule has 0 aliphatic carbocycles. The Morgan fingerprint density at radius 3 is 2.38 bits per heavy atom. The minimum absolute atomic E-state index is 0.0828. The first kappa shape index (κ1) is 17.9. The van der Waals surface area contributed by atoms with Gasteiger partial charge in [0.1, 0.15) is 0 Å². The molecular formula is C14H23N2O4P. The van der Waals surface area contributed by atoms with Gasteiger partial charge >= 0.3 is 0 Å². The molecule has 1 aromatic rings. The first-order chi connectivity index (χ1) is 9.69. The summed E-state index contributed by atoms with van der Waals surface area (Å²) >= 11 is 0.